The minimum Gasteiger partial charge on any atom is -0.494 e. The first-order chi connectivity index (χ1) is 13.7. The SMILES string of the molecule is CCOc1ccc(C(=O)N2CC3CCC2CN(C(=O)c2cccnc2)C3)cc1. The van der Waals surface area contributed by atoms with Crippen molar-refractivity contribution >= 4 is 11.8 Å². The lowest BCUT2D eigenvalue weighted by Crippen LogP contribution is -2.47. The lowest BCUT2D eigenvalue weighted by atomic mass is 9.94. The van der Waals surface area contributed by atoms with E-state index in [1.807, 2.05) is 41.0 Å². The van der Waals surface area contributed by atoms with Crippen LogP contribution in [0.25, 0.3) is 0 Å². The Morgan fingerprint density at radius 1 is 1.04 bits per heavy atom. The second-order valence-electron chi connectivity index (χ2n) is 7.46. The van der Waals surface area contributed by atoms with Crippen LogP contribution in [0.1, 0.15) is 40.5 Å². The summed E-state index contributed by atoms with van der Waals surface area (Å²) in [4.78, 5) is 33.9. The topological polar surface area (TPSA) is 62.7 Å². The predicted molar refractivity (Wildman–Crippen MR) is 105 cm³/mol. The van der Waals surface area contributed by atoms with Crippen LogP contribution in [-0.4, -0.2) is 58.9 Å². The Morgan fingerprint density at radius 3 is 2.57 bits per heavy atom. The van der Waals surface area contributed by atoms with Crippen LogP contribution >= 0.6 is 0 Å². The van der Waals surface area contributed by atoms with Gasteiger partial charge in [-0.15, -0.1) is 0 Å². The number of carbonyl (C=O) groups excluding carboxylic acids is 2. The standard InChI is InChI=1S/C22H25N3O3/c1-2-28-20-9-6-17(7-10-20)22(27)25-14-16-5-8-19(25)15-24(13-16)21(26)18-4-3-11-23-12-18/h3-4,6-7,9-12,16,19H,2,5,8,13-15H2,1H3. The van der Waals surface area contributed by atoms with Gasteiger partial charge in [-0.05, 0) is 62.1 Å². The summed E-state index contributed by atoms with van der Waals surface area (Å²) in [6.45, 7) is 4.51. The van der Waals surface area contributed by atoms with E-state index >= 15 is 0 Å². The van der Waals surface area contributed by atoms with E-state index in [1.54, 1.807) is 24.5 Å². The molecular formula is C22H25N3O3. The molecule has 2 unspecified atom stereocenters. The van der Waals surface area contributed by atoms with Crippen LogP contribution in [0, 0.1) is 5.92 Å². The molecule has 2 amide bonds. The van der Waals surface area contributed by atoms with Crippen molar-refractivity contribution in [3.05, 3.63) is 59.9 Å². The average molecular weight is 379 g/mol. The highest BCUT2D eigenvalue weighted by Gasteiger charge is 2.39. The van der Waals surface area contributed by atoms with Gasteiger partial charge in [0.25, 0.3) is 11.8 Å². The third kappa shape index (κ3) is 3.72. The maximum Gasteiger partial charge on any atom is 0.255 e. The van der Waals surface area contributed by atoms with E-state index in [0.717, 1.165) is 18.6 Å². The van der Waals surface area contributed by atoms with E-state index in [1.165, 1.54) is 0 Å². The number of amides is 2. The Balaban J connectivity index is 1.50. The molecule has 3 aliphatic rings. The summed E-state index contributed by atoms with van der Waals surface area (Å²) < 4.78 is 5.46. The van der Waals surface area contributed by atoms with Crippen molar-refractivity contribution in [3.63, 3.8) is 0 Å². The number of piperidine rings is 1. The average Bonchev–Trinajstić information content (AvgIpc) is 3.06. The fraction of sp³-hybridized carbons (Fsp3) is 0.409. The molecule has 1 aromatic carbocycles. The van der Waals surface area contributed by atoms with Gasteiger partial charge in [0.15, 0.2) is 0 Å². The zero-order valence-electron chi connectivity index (χ0n) is 16.1. The van der Waals surface area contributed by atoms with Gasteiger partial charge in [-0.25, -0.2) is 0 Å². The molecule has 4 heterocycles. The molecule has 146 valence electrons. The van der Waals surface area contributed by atoms with Crippen LogP contribution in [0.2, 0.25) is 0 Å². The summed E-state index contributed by atoms with van der Waals surface area (Å²) in [7, 11) is 0. The van der Waals surface area contributed by atoms with Gasteiger partial charge in [-0.1, -0.05) is 0 Å². The van der Waals surface area contributed by atoms with Crippen molar-refractivity contribution in [1.82, 2.24) is 14.8 Å². The monoisotopic (exact) mass is 379 g/mol. The fourth-order valence-electron chi connectivity index (χ4n) is 4.19. The molecule has 2 bridgehead atoms. The third-order valence-corrected chi connectivity index (χ3v) is 5.58. The van der Waals surface area contributed by atoms with Crippen molar-refractivity contribution in [2.75, 3.05) is 26.2 Å². The van der Waals surface area contributed by atoms with Crippen LogP contribution in [0.5, 0.6) is 5.75 Å². The normalized spacial score (nSPS) is 21.3. The van der Waals surface area contributed by atoms with Gasteiger partial charge in [0, 0.05) is 43.6 Å². The molecule has 2 atom stereocenters. The van der Waals surface area contributed by atoms with Crippen LogP contribution in [-0.2, 0) is 0 Å². The van der Waals surface area contributed by atoms with Crippen LogP contribution in [0.4, 0.5) is 0 Å². The molecule has 3 fully saturated rings. The summed E-state index contributed by atoms with van der Waals surface area (Å²) in [6.07, 6.45) is 5.26. The number of aromatic nitrogens is 1. The van der Waals surface area contributed by atoms with Crippen molar-refractivity contribution in [2.45, 2.75) is 25.8 Å². The van der Waals surface area contributed by atoms with E-state index in [9.17, 15) is 9.59 Å². The number of ether oxygens (including phenoxy) is 1. The number of nitrogens with zero attached hydrogens (tertiary/aromatic N) is 3. The molecule has 0 spiro atoms. The van der Waals surface area contributed by atoms with E-state index in [-0.39, 0.29) is 17.9 Å². The molecular weight excluding hydrogens is 354 g/mol. The van der Waals surface area contributed by atoms with Crippen LogP contribution in [0.3, 0.4) is 0 Å². The van der Waals surface area contributed by atoms with E-state index < -0.39 is 0 Å². The highest BCUT2D eigenvalue weighted by Crippen LogP contribution is 2.30. The van der Waals surface area contributed by atoms with Crippen molar-refractivity contribution < 1.29 is 14.3 Å². The second kappa shape index (κ2) is 8.00. The van der Waals surface area contributed by atoms with Gasteiger partial charge in [-0.3, -0.25) is 14.6 Å². The summed E-state index contributed by atoms with van der Waals surface area (Å²) in [5.41, 5.74) is 1.27. The van der Waals surface area contributed by atoms with E-state index in [0.29, 0.717) is 43.3 Å². The molecule has 0 N–H and O–H groups in total. The molecule has 1 aromatic heterocycles. The first-order valence-electron chi connectivity index (χ1n) is 9.89. The number of benzene rings is 1. The maximum absolute atomic E-state index is 13.1. The quantitative estimate of drug-likeness (QED) is 0.820. The fourth-order valence-corrected chi connectivity index (χ4v) is 4.19. The first-order valence-corrected chi connectivity index (χ1v) is 9.89. The van der Waals surface area contributed by atoms with Crippen molar-refractivity contribution in [2.24, 2.45) is 5.92 Å². The number of hydrogen-bond acceptors (Lipinski definition) is 4. The minimum absolute atomic E-state index is 0.000339. The molecule has 2 aromatic rings. The van der Waals surface area contributed by atoms with Gasteiger partial charge in [-0.2, -0.15) is 0 Å². The Kier molecular flexibility index (Phi) is 5.28. The van der Waals surface area contributed by atoms with Crippen LogP contribution < -0.4 is 4.74 Å². The number of pyridine rings is 1. The van der Waals surface area contributed by atoms with Gasteiger partial charge in [0.1, 0.15) is 5.75 Å². The molecule has 3 aliphatic heterocycles. The number of rotatable bonds is 4. The van der Waals surface area contributed by atoms with E-state index in [4.69, 9.17) is 4.74 Å². The summed E-state index contributed by atoms with van der Waals surface area (Å²) >= 11 is 0. The summed E-state index contributed by atoms with van der Waals surface area (Å²) in [5.74, 6) is 1.12. The molecule has 0 saturated carbocycles. The molecule has 0 radical (unpaired) electrons. The van der Waals surface area contributed by atoms with Crippen molar-refractivity contribution in [1.29, 1.82) is 0 Å². The Hall–Kier alpha value is -2.89. The molecule has 6 nitrogen and oxygen atoms in total. The predicted octanol–water partition coefficient (Wildman–Crippen LogP) is 2.86. The summed E-state index contributed by atoms with van der Waals surface area (Å²) in [6, 6.07) is 11.0. The molecule has 0 aliphatic carbocycles. The molecule has 28 heavy (non-hydrogen) atoms. The minimum atomic E-state index is 0.000339. The highest BCUT2D eigenvalue weighted by atomic mass is 16.5. The molecule has 6 heteroatoms. The number of carbonyl (C=O) groups is 2. The third-order valence-electron chi connectivity index (χ3n) is 5.58. The number of hydrogen-bond donors (Lipinski definition) is 0. The summed E-state index contributed by atoms with van der Waals surface area (Å²) in [5, 5.41) is 0. The van der Waals surface area contributed by atoms with Gasteiger partial charge < -0.3 is 14.5 Å². The Labute approximate surface area is 165 Å². The Morgan fingerprint density at radius 2 is 1.86 bits per heavy atom. The lowest BCUT2D eigenvalue weighted by Gasteiger charge is -2.36. The van der Waals surface area contributed by atoms with Crippen LogP contribution in [0.15, 0.2) is 48.8 Å². The van der Waals surface area contributed by atoms with Gasteiger partial charge >= 0.3 is 0 Å². The highest BCUT2D eigenvalue weighted by molar-refractivity contribution is 5.95. The van der Waals surface area contributed by atoms with E-state index in [2.05, 4.69) is 4.98 Å². The number of fused-ring (bicyclic) bond motifs is 4. The first kappa shape index (κ1) is 18.5. The zero-order valence-corrected chi connectivity index (χ0v) is 16.1. The zero-order chi connectivity index (χ0) is 19.5. The Bertz CT molecular complexity index is 838. The van der Waals surface area contributed by atoms with Crippen molar-refractivity contribution in [3.8, 4) is 5.75 Å². The molecule has 5 rings (SSSR count). The second-order valence-corrected chi connectivity index (χ2v) is 7.46. The van der Waals surface area contributed by atoms with Gasteiger partial charge in [0.2, 0.25) is 0 Å². The smallest absolute Gasteiger partial charge is 0.255 e. The molecule has 3 saturated heterocycles. The maximum atomic E-state index is 13.1. The largest absolute Gasteiger partial charge is 0.494 e. The van der Waals surface area contributed by atoms with Gasteiger partial charge in [0.05, 0.1) is 12.2 Å². The lowest BCUT2D eigenvalue weighted by molar-refractivity contribution is 0.0574.